The molecule has 2 aromatic rings. The van der Waals surface area contributed by atoms with Crippen LogP contribution in [0, 0.1) is 0 Å². The molecule has 2 N–H and O–H groups in total. The maximum absolute atomic E-state index is 11.0. The lowest BCUT2D eigenvalue weighted by atomic mass is 10.2. The number of aromatic hydroxyl groups is 2. The lowest BCUT2D eigenvalue weighted by Gasteiger charge is -2.25. The number of phenolic OH excluding ortho intramolecular Hbond substituents is 2. The molecule has 0 aliphatic heterocycles. The van der Waals surface area contributed by atoms with E-state index in [1.807, 2.05) is 12.4 Å². The van der Waals surface area contributed by atoms with Crippen LogP contribution in [-0.2, 0) is 0 Å². The number of hydrogen-bond donors (Lipinski definition) is 2. The van der Waals surface area contributed by atoms with Crippen LogP contribution in [0.15, 0.2) is 34.3 Å². The zero-order chi connectivity index (χ0) is 27.7. The van der Waals surface area contributed by atoms with E-state index < -0.39 is 32.3 Å². The molecule has 0 fully saturated rings. The van der Waals surface area contributed by atoms with Crippen LogP contribution in [-0.4, -0.2) is 68.0 Å². The van der Waals surface area contributed by atoms with Crippen LogP contribution in [0.1, 0.15) is 11.1 Å². The van der Waals surface area contributed by atoms with E-state index in [0.29, 0.717) is 24.6 Å². The number of benzene rings is 2. The topological polar surface area (TPSA) is 65.2 Å². The number of aliphatic imine (C=N–C) groups is 2. The van der Waals surface area contributed by atoms with Gasteiger partial charge in [0.15, 0.2) is 0 Å². The van der Waals surface area contributed by atoms with Gasteiger partial charge in [0.1, 0.15) is 11.5 Å². The zero-order valence-corrected chi connectivity index (χ0v) is 28.7. The predicted octanol–water partition coefficient (Wildman–Crippen LogP) is 4.82. The fraction of sp³-hybridized carbons (Fsp3) is 0.500. The molecule has 0 amide bonds. The molecule has 0 unspecified atom stereocenters. The Hall–Kier alpha value is -1.75. The molecule has 2 rings (SSSR count). The zero-order valence-electron chi connectivity index (χ0n) is 24.7. The Morgan fingerprint density at radius 3 is 1.08 bits per heavy atom. The van der Waals surface area contributed by atoms with Gasteiger partial charge in [0, 0.05) is 23.6 Å². The molecule has 0 aliphatic rings. The third-order valence-electron chi connectivity index (χ3n) is 6.45. The van der Waals surface area contributed by atoms with Gasteiger partial charge in [0.2, 0.25) is 0 Å². The quantitative estimate of drug-likeness (QED) is 0.264. The van der Waals surface area contributed by atoms with Crippen molar-refractivity contribution < 1.29 is 10.2 Å². The van der Waals surface area contributed by atoms with E-state index in [0.717, 1.165) is 21.5 Å². The van der Waals surface area contributed by atoms with Gasteiger partial charge < -0.3 is 10.2 Å². The molecule has 0 atom stereocenters. The van der Waals surface area contributed by atoms with E-state index >= 15 is 0 Å². The molecule has 36 heavy (non-hydrogen) atoms. The smallest absolute Gasteiger partial charge is 0.123 e. The van der Waals surface area contributed by atoms with Crippen molar-refractivity contribution >= 4 is 65.5 Å². The Bertz CT molecular complexity index is 1060. The summed E-state index contributed by atoms with van der Waals surface area (Å²) in [4.78, 5) is 9.20. The van der Waals surface area contributed by atoms with Crippen molar-refractivity contribution in [3.63, 3.8) is 0 Å². The van der Waals surface area contributed by atoms with Crippen molar-refractivity contribution in [3.8, 4) is 11.5 Å². The molecule has 0 aromatic heterocycles. The highest BCUT2D eigenvalue weighted by molar-refractivity contribution is 6.92. The first-order valence-electron chi connectivity index (χ1n) is 13.0. The molecule has 2 aromatic carbocycles. The first-order valence-corrected chi connectivity index (χ1v) is 27.0. The Morgan fingerprint density at radius 1 is 0.528 bits per heavy atom. The molecule has 4 nitrogen and oxygen atoms in total. The van der Waals surface area contributed by atoms with Crippen LogP contribution in [0.25, 0.3) is 0 Å². The largest absolute Gasteiger partial charge is 0.507 e. The number of rotatable bonds is 9. The highest BCUT2D eigenvalue weighted by atomic mass is 28.3. The molecule has 0 aliphatic carbocycles. The summed E-state index contributed by atoms with van der Waals surface area (Å²) in [6, 6.07) is 8.72. The number of hydrogen-bond acceptors (Lipinski definition) is 4. The maximum atomic E-state index is 11.0. The van der Waals surface area contributed by atoms with E-state index in [9.17, 15) is 10.2 Å². The molecule has 198 valence electrons. The van der Waals surface area contributed by atoms with Gasteiger partial charge in [-0.1, -0.05) is 113 Å². The summed E-state index contributed by atoms with van der Waals surface area (Å²) in [5.74, 6) is 0.769. The summed E-state index contributed by atoms with van der Waals surface area (Å²) in [5, 5.41) is 26.9. The highest BCUT2D eigenvalue weighted by Gasteiger charge is 2.27. The summed E-state index contributed by atoms with van der Waals surface area (Å²) in [7, 11) is -6.44. The third-order valence-corrected chi connectivity index (χ3v) is 14.5. The van der Waals surface area contributed by atoms with Gasteiger partial charge in [-0.2, -0.15) is 0 Å². The van der Waals surface area contributed by atoms with Crippen LogP contribution in [0.3, 0.4) is 0 Å². The second-order valence-corrected chi connectivity index (χ2v) is 34.2. The van der Waals surface area contributed by atoms with Crippen LogP contribution < -0.4 is 20.7 Å². The summed E-state index contributed by atoms with van der Waals surface area (Å²) in [6.07, 6.45) is 3.62. The number of phenols is 2. The van der Waals surface area contributed by atoms with Gasteiger partial charge in [-0.3, -0.25) is 9.98 Å². The molecule has 0 saturated carbocycles. The monoisotopic (exact) mass is 556 g/mol. The lowest BCUT2D eigenvalue weighted by Crippen LogP contribution is -2.45. The third kappa shape index (κ3) is 7.87. The highest BCUT2D eigenvalue weighted by Crippen LogP contribution is 2.20. The second-order valence-electron chi connectivity index (χ2n) is 14.0. The predicted molar refractivity (Wildman–Crippen MR) is 173 cm³/mol. The molecule has 0 saturated heterocycles. The normalized spacial score (nSPS) is 13.8. The first-order chi connectivity index (χ1) is 16.2. The van der Waals surface area contributed by atoms with Crippen molar-refractivity contribution in [3.05, 3.63) is 35.4 Å². The van der Waals surface area contributed by atoms with Crippen LogP contribution >= 0.6 is 0 Å². The average molecular weight is 557 g/mol. The molecule has 0 radical (unpaired) electrons. The van der Waals surface area contributed by atoms with Gasteiger partial charge in [-0.25, -0.2) is 0 Å². The van der Waals surface area contributed by atoms with Gasteiger partial charge in [0.25, 0.3) is 0 Å². The van der Waals surface area contributed by atoms with Gasteiger partial charge in [-0.05, 0) is 10.4 Å². The summed E-state index contributed by atoms with van der Waals surface area (Å²) in [5.41, 5.74) is 1.63. The molecular weight excluding hydrogens is 509 g/mol. The standard InChI is InChI=1S/C28H48N2O2Si4/c1-33(2,3)23-15-21(27(31)25(17-23)35(7,8)9)19-29-13-14-30-20-22-16-24(34(4,5)6)18-26(28(22)32)36(10,11)12/h15-20,31-32H,13-14H2,1-12H3. The Morgan fingerprint density at radius 2 is 0.833 bits per heavy atom. The van der Waals surface area contributed by atoms with Gasteiger partial charge in [0.05, 0.1) is 45.4 Å². The molecule has 8 heteroatoms. The fourth-order valence-corrected chi connectivity index (χ4v) is 9.47. The van der Waals surface area contributed by atoms with E-state index in [2.05, 4.69) is 113 Å². The van der Waals surface area contributed by atoms with E-state index in [1.54, 1.807) is 0 Å². The van der Waals surface area contributed by atoms with Crippen LogP contribution in [0.5, 0.6) is 11.5 Å². The van der Waals surface area contributed by atoms with Crippen LogP contribution in [0.2, 0.25) is 78.6 Å². The van der Waals surface area contributed by atoms with Crippen molar-refractivity contribution in [1.82, 2.24) is 0 Å². The van der Waals surface area contributed by atoms with Gasteiger partial charge in [-0.15, -0.1) is 0 Å². The van der Waals surface area contributed by atoms with Crippen molar-refractivity contribution in [2.45, 2.75) is 78.6 Å². The minimum absolute atomic E-state index is 0.385. The molecular formula is C28H48N2O2Si4. The lowest BCUT2D eigenvalue weighted by molar-refractivity contribution is 0.478. The van der Waals surface area contributed by atoms with Gasteiger partial charge >= 0.3 is 0 Å². The first kappa shape index (κ1) is 30.5. The summed E-state index contributed by atoms with van der Waals surface area (Å²) < 4.78 is 0. The average Bonchev–Trinajstić information content (AvgIpc) is 2.69. The minimum Gasteiger partial charge on any atom is -0.507 e. The molecule has 0 bridgehead atoms. The maximum Gasteiger partial charge on any atom is 0.123 e. The van der Waals surface area contributed by atoms with E-state index in [-0.39, 0.29) is 0 Å². The van der Waals surface area contributed by atoms with E-state index in [4.69, 9.17) is 0 Å². The Kier molecular flexibility index (Phi) is 9.25. The van der Waals surface area contributed by atoms with Crippen molar-refractivity contribution in [2.24, 2.45) is 9.98 Å². The Balaban J connectivity index is 2.27. The summed E-state index contributed by atoms with van der Waals surface area (Å²) >= 11 is 0. The Labute approximate surface area is 223 Å². The minimum atomic E-state index is -1.69. The van der Waals surface area contributed by atoms with Crippen molar-refractivity contribution in [2.75, 3.05) is 13.1 Å². The second kappa shape index (κ2) is 10.9. The van der Waals surface area contributed by atoms with Crippen molar-refractivity contribution in [1.29, 1.82) is 0 Å². The summed E-state index contributed by atoms with van der Waals surface area (Å²) in [6.45, 7) is 28.7. The number of nitrogens with zero attached hydrogens (tertiary/aromatic N) is 2. The molecule has 0 heterocycles. The van der Waals surface area contributed by atoms with Crippen LogP contribution in [0.4, 0.5) is 0 Å². The SMILES string of the molecule is C[Si](C)(C)c1cc(C=NCCN=Cc2cc([Si](C)(C)C)cc([Si](C)(C)C)c2O)c(O)c([Si](C)(C)C)c1. The van der Waals surface area contributed by atoms with E-state index in [1.165, 1.54) is 10.4 Å². The fourth-order valence-electron chi connectivity index (χ4n) is 3.96. The molecule has 0 spiro atoms.